The number of ketones is 1. The average Bonchev–Trinajstić information content (AvgIpc) is 2.69. The third-order valence-corrected chi connectivity index (χ3v) is 5.30. The van der Waals surface area contributed by atoms with Crippen molar-refractivity contribution in [3.05, 3.63) is 93.8 Å². The first-order valence-corrected chi connectivity index (χ1v) is 9.46. The van der Waals surface area contributed by atoms with Crippen LogP contribution in [0.3, 0.4) is 0 Å². The van der Waals surface area contributed by atoms with Gasteiger partial charge in [-0.2, -0.15) is 0 Å². The molecule has 0 saturated carbocycles. The van der Waals surface area contributed by atoms with Gasteiger partial charge in [0.1, 0.15) is 17.3 Å². The maximum absolute atomic E-state index is 14.8. The fraction of sp³-hybridized carbons (Fsp3) is 0.182. The number of halogens is 2. The van der Waals surface area contributed by atoms with E-state index >= 15 is 0 Å². The van der Waals surface area contributed by atoms with E-state index < -0.39 is 5.54 Å². The van der Waals surface area contributed by atoms with E-state index in [0.717, 1.165) is 11.1 Å². The molecule has 0 fully saturated rings. The van der Waals surface area contributed by atoms with Gasteiger partial charge < -0.3 is 5.73 Å². The van der Waals surface area contributed by atoms with E-state index in [4.69, 9.17) is 17.3 Å². The van der Waals surface area contributed by atoms with Crippen LogP contribution in [0.4, 0.5) is 4.39 Å². The molecular weight excluding hydrogens is 391 g/mol. The van der Waals surface area contributed by atoms with E-state index in [1.807, 2.05) is 13.0 Å². The zero-order valence-electron chi connectivity index (χ0n) is 15.7. The van der Waals surface area contributed by atoms with Gasteiger partial charge in [-0.3, -0.25) is 19.8 Å². The van der Waals surface area contributed by atoms with Gasteiger partial charge in [0.15, 0.2) is 5.78 Å². The molecule has 1 aliphatic heterocycles. The topological polar surface area (TPSA) is 81.2 Å². The Bertz CT molecular complexity index is 1130. The molecule has 1 aromatic carbocycles. The van der Waals surface area contributed by atoms with Crippen LogP contribution in [0.25, 0.3) is 0 Å². The van der Waals surface area contributed by atoms with Crippen molar-refractivity contribution in [1.29, 1.82) is 0 Å². The van der Waals surface area contributed by atoms with Crippen molar-refractivity contribution in [2.75, 3.05) is 0 Å². The molecule has 2 N–H and O–H groups in total. The zero-order valence-corrected chi connectivity index (χ0v) is 16.4. The van der Waals surface area contributed by atoms with Gasteiger partial charge in [-0.15, -0.1) is 0 Å². The lowest BCUT2D eigenvalue weighted by Crippen LogP contribution is -2.34. The fourth-order valence-electron chi connectivity index (χ4n) is 3.61. The smallest absolute Gasteiger partial charge is 0.185 e. The predicted octanol–water partition coefficient (Wildman–Crippen LogP) is 3.87. The molecule has 0 spiro atoms. The van der Waals surface area contributed by atoms with Crippen molar-refractivity contribution in [1.82, 2.24) is 9.97 Å². The van der Waals surface area contributed by atoms with Crippen LogP contribution in [0.1, 0.15) is 39.7 Å². The molecule has 1 atom stereocenters. The number of carbonyl (C=O) groups excluding carboxylic acids is 1. The van der Waals surface area contributed by atoms with Crippen LogP contribution in [0, 0.1) is 5.82 Å². The lowest BCUT2D eigenvalue weighted by Gasteiger charge is -2.32. The second-order valence-corrected chi connectivity index (χ2v) is 7.69. The van der Waals surface area contributed by atoms with Crippen molar-refractivity contribution < 1.29 is 9.18 Å². The molecule has 0 bridgehead atoms. The molecule has 1 unspecified atom stereocenters. The molecule has 3 heterocycles. The molecule has 1 aliphatic rings. The summed E-state index contributed by atoms with van der Waals surface area (Å²) in [6.45, 7) is 1.84. The van der Waals surface area contributed by atoms with Crippen LogP contribution in [0.15, 0.2) is 60.0 Å². The van der Waals surface area contributed by atoms with Gasteiger partial charge >= 0.3 is 0 Å². The van der Waals surface area contributed by atoms with Crippen molar-refractivity contribution in [3.63, 3.8) is 0 Å². The highest BCUT2D eigenvalue weighted by Crippen LogP contribution is 2.36. The summed E-state index contributed by atoms with van der Waals surface area (Å²) in [5.41, 5.74) is 8.38. The van der Waals surface area contributed by atoms with Crippen LogP contribution in [-0.4, -0.2) is 21.6 Å². The highest BCUT2D eigenvalue weighted by Gasteiger charge is 2.34. The molecular formula is C22H18ClFN4O. The van der Waals surface area contributed by atoms with Crippen LogP contribution < -0.4 is 5.73 Å². The van der Waals surface area contributed by atoms with E-state index in [0.29, 0.717) is 34.1 Å². The molecule has 0 radical (unpaired) electrons. The van der Waals surface area contributed by atoms with E-state index in [2.05, 4.69) is 15.0 Å². The van der Waals surface area contributed by atoms with Crippen molar-refractivity contribution in [2.24, 2.45) is 10.7 Å². The summed E-state index contributed by atoms with van der Waals surface area (Å²) < 4.78 is 14.8. The average molecular weight is 409 g/mol. The summed E-state index contributed by atoms with van der Waals surface area (Å²) in [5.74, 6) is -0.233. The maximum Gasteiger partial charge on any atom is 0.185 e. The molecule has 0 saturated heterocycles. The summed E-state index contributed by atoms with van der Waals surface area (Å²) in [7, 11) is 0. The number of rotatable bonds is 4. The number of hydrogen-bond acceptors (Lipinski definition) is 5. The highest BCUT2D eigenvalue weighted by atomic mass is 35.5. The molecule has 0 aliphatic carbocycles. The Balaban J connectivity index is 1.66. The fourth-order valence-corrected chi connectivity index (χ4v) is 3.72. The second kappa shape index (κ2) is 7.37. The number of benzene rings is 1. The molecule has 3 aromatic rings. The van der Waals surface area contributed by atoms with Crippen LogP contribution in [0.5, 0.6) is 0 Å². The van der Waals surface area contributed by atoms with E-state index in [9.17, 15) is 9.18 Å². The number of aromatic nitrogens is 2. The number of nitrogens with two attached hydrogens (primary N) is 1. The molecule has 29 heavy (non-hydrogen) atoms. The van der Waals surface area contributed by atoms with Crippen LogP contribution in [0.2, 0.25) is 5.02 Å². The predicted molar refractivity (Wildman–Crippen MR) is 110 cm³/mol. The largest absolute Gasteiger partial charge is 0.383 e. The lowest BCUT2D eigenvalue weighted by atomic mass is 9.81. The molecule has 0 amide bonds. The Morgan fingerprint density at radius 2 is 2.07 bits per heavy atom. The molecule has 4 rings (SSSR count). The van der Waals surface area contributed by atoms with Gasteiger partial charge in [-0.1, -0.05) is 17.7 Å². The van der Waals surface area contributed by atoms with E-state index in [1.54, 1.807) is 36.7 Å². The summed E-state index contributed by atoms with van der Waals surface area (Å²) in [6.07, 6.45) is 5.36. The van der Waals surface area contributed by atoms with Gasteiger partial charge in [-0.25, -0.2) is 4.39 Å². The number of Topliss-reactive ketones (excluding diaryl/α,β-unsaturated/α-hetero) is 1. The second-order valence-electron chi connectivity index (χ2n) is 7.26. The van der Waals surface area contributed by atoms with Crippen LogP contribution >= 0.6 is 11.6 Å². The number of aliphatic imine (C=N–C) groups is 1. The van der Waals surface area contributed by atoms with Crippen molar-refractivity contribution >= 4 is 23.2 Å². The Morgan fingerprint density at radius 1 is 1.24 bits per heavy atom. The number of pyridine rings is 2. The van der Waals surface area contributed by atoms with Gasteiger partial charge in [-0.05, 0) is 48.4 Å². The van der Waals surface area contributed by atoms with Gasteiger partial charge in [0, 0.05) is 42.6 Å². The SMILES string of the molecule is CC1(c2cc(CC(=O)c3ccc(Cl)cn3)ccc2F)Cc2ccncc2C(N)=N1. The van der Waals surface area contributed by atoms with Gasteiger partial charge in [0.25, 0.3) is 0 Å². The van der Waals surface area contributed by atoms with E-state index in [1.165, 1.54) is 12.3 Å². The third kappa shape index (κ3) is 3.76. The Kier molecular flexibility index (Phi) is 4.88. The number of nitrogens with zero attached hydrogens (tertiary/aromatic N) is 3. The van der Waals surface area contributed by atoms with Crippen LogP contribution in [-0.2, 0) is 18.4 Å². The summed E-state index contributed by atoms with van der Waals surface area (Å²) in [4.78, 5) is 25.3. The molecule has 7 heteroatoms. The molecule has 2 aromatic heterocycles. The summed E-state index contributed by atoms with van der Waals surface area (Å²) >= 11 is 5.82. The van der Waals surface area contributed by atoms with E-state index in [-0.39, 0.29) is 18.0 Å². The Hall–Kier alpha value is -3.12. The first-order valence-electron chi connectivity index (χ1n) is 9.08. The minimum Gasteiger partial charge on any atom is -0.383 e. The minimum absolute atomic E-state index is 0.0949. The molecule has 5 nitrogen and oxygen atoms in total. The number of hydrogen-bond donors (Lipinski definition) is 1. The number of fused-ring (bicyclic) bond motifs is 1. The first-order chi connectivity index (χ1) is 13.9. The third-order valence-electron chi connectivity index (χ3n) is 5.08. The summed E-state index contributed by atoms with van der Waals surface area (Å²) in [6, 6.07) is 9.72. The van der Waals surface area contributed by atoms with Gasteiger partial charge in [0.05, 0.1) is 10.6 Å². The number of carbonyl (C=O) groups is 1. The normalized spacial score (nSPS) is 18.1. The first kappa shape index (κ1) is 19.2. The maximum atomic E-state index is 14.8. The monoisotopic (exact) mass is 408 g/mol. The Morgan fingerprint density at radius 3 is 2.83 bits per heavy atom. The lowest BCUT2D eigenvalue weighted by molar-refractivity contribution is 0.0988. The quantitative estimate of drug-likeness (QED) is 0.664. The van der Waals surface area contributed by atoms with Gasteiger partial charge in [0.2, 0.25) is 0 Å². The molecule has 146 valence electrons. The van der Waals surface area contributed by atoms with Crippen molar-refractivity contribution in [3.8, 4) is 0 Å². The Labute approximate surface area is 172 Å². The highest BCUT2D eigenvalue weighted by molar-refractivity contribution is 6.30. The minimum atomic E-state index is -0.875. The summed E-state index contributed by atoms with van der Waals surface area (Å²) in [5, 5.41) is 0.460. The standard InChI is InChI=1S/C22H18ClFN4O/c1-22(10-14-6-7-26-12-16(14)21(25)28-22)17-8-13(2-4-18(17)24)9-20(29)19-5-3-15(23)11-27-19/h2-8,11-12H,9-10H2,1H3,(H2,25,28). The van der Waals surface area contributed by atoms with Crippen molar-refractivity contribution in [2.45, 2.75) is 25.3 Å². The zero-order chi connectivity index (χ0) is 20.6. The number of amidine groups is 1.